The molecule has 0 bridgehead atoms. The van der Waals surface area contributed by atoms with Crippen LogP contribution in [0.15, 0.2) is 30.5 Å². The SMILES string of the molecule is N#Cc1cnc(C2CC2)nc1N1CCC2(CC1)NC(=O)Nc1ccccc12. The summed E-state index contributed by atoms with van der Waals surface area (Å²) in [5, 5.41) is 15.5. The number of anilines is 2. The van der Waals surface area contributed by atoms with Gasteiger partial charge in [-0.05, 0) is 31.7 Å². The van der Waals surface area contributed by atoms with E-state index in [1.165, 1.54) is 0 Å². The van der Waals surface area contributed by atoms with Crippen LogP contribution in [0.2, 0.25) is 0 Å². The zero-order valence-electron chi connectivity index (χ0n) is 14.9. The number of aromatic nitrogens is 2. The number of nitrogens with one attached hydrogen (secondary N) is 2. The molecule has 3 heterocycles. The van der Waals surface area contributed by atoms with Gasteiger partial charge in [0.15, 0.2) is 0 Å². The summed E-state index contributed by atoms with van der Waals surface area (Å²) in [4.78, 5) is 23.4. The summed E-state index contributed by atoms with van der Waals surface area (Å²) in [6, 6.07) is 10.0. The van der Waals surface area contributed by atoms with Gasteiger partial charge in [0.25, 0.3) is 0 Å². The third-order valence-corrected chi connectivity index (χ3v) is 5.81. The summed E-state index contributed by atoms with van der Waals surface area (Å²) in [6.45, 7) is 1.45. The van der Waals surface area contributed by atoms with Gasteiger partial charge in [0.05, 0.1) is 11.7 Å². The van der Waals surface area contributed by atoms with Gasteiger partial charge in [0, 0.05) is 30.3 Å². The minimum absolute atomic E-state index is 0.155. The maximum absolute atomic E-state index is 12.2. The minimum Gasteiger partial charge on any atom is -0.355 e. The molecule has 2 aromatic rings. The molecule has 1 saturated heterocycles. The lowest BCUT2D eigenvalue weighted by Crippen LogP contribution is -2.57. The van der Waals surface area contributed by atoms with Crippen LogP contribution in [0, 0.1) is 11.3 Å². The van der Waals surface area contributed by atoms with Crippen LogP contribution in [0.4, 0.5) is 16.3 Å². The summed E-state index contributed by atoms with van der Waals surface area (Å²) in [6.07, 6.45) is 5.45. The van der Waals surface area contributed by atoms with Crippen LogP contribution in [-0.4, -0.2) is 29.1 Å². The average molecular weight is 360 g/mol. The van der Waals surface area contributed by atoms with Gasteiger partial charge in [-0.3, -0.25) is 0 Å². The number of urea groups is 1. The average Bonchev–Trinajstić information content (AvgIpc) is 3.53. The van der Waals surface area contributed by atoms with E-state index in [1.54, 1.807) is 6.20 Å². The Hall–Kier alpha value is -3.14. The van der Waals surface area contributed by atoms with Crippen molar-refractivity contribution in [1.29, 1.82) is 5.26 Å². The molecule has 0 radical (unpaired) electrons. The Labute approximate surface area is 157 Å². The lowest BCUT2D eigenvalue weighted by Gasteiger charge is -2.46. The fourth-order valence-electron chi connectivity index (χ4n) is 4.19. The number of carbonyl (C=O) groups excluding carboxylic acids is 1. The topological polar surface area (TPSA) is 93.9 Å². The lowest BCUT2D eigenvalue weighted by molar-refractivity contribution is 0.219. The molecule has 2 fully saturated rings. The fraction of sp³-hybridized carbons (Fsp3) is 0.400. The number of nitrogens with zero attached hydrogens (tertiary/aromatic N) is 4. The van der Waals surface area contributed by atoms with Crippen molar-refractivity contribution in [2.24, 2.45) is 0 Å². The molecule has 2 N–H and O–H groups in total. The second kappa shape index (κ2) is 5.95. The van der Waals surface area contributed by atoms with Crippen molar-refractivity contribution in [3.63, 3.8) is 0 Å². The van der Waals surface area contributed by atoms with Gasteiger partial charge in [-0.2, -0.15) is 5.26 Å². The molecule has 0 unspecified atom stereocenters. The molecule has 1 aromatic heterocycles. The van der Waals surface area contributed by atoms with E-state index >= 15 is 0 Å². The van der Waals surface area contributed by atoms with Crippen molar-refractivity contribution >= 4 is 17.5 Å². The number of para-hydroxylation sites is 1. The number of rotatable bonds is 2. The lowest BCUT2D eigenvalue weighted by atomic mass is 9.79. The van der Waals surface area contributed by atoms with E-state index in [0.717, 1.165) is 61.7 Å². The molecule has 3 aliphatic rings. The summed E-state index contributed by atoms with van der Waals surface area (Å²) < 4.78 is 0. The zero-order chi connectivity index (χ0) is 18.4. The van der Waals surface area contributed by atoms with E-state index in [2.05, 4.69) is 32.7 Å². The largest absolute Gasteiger partial charge is 0.355 e. The molecule has 2 aliphatic heterocycles. The number of hydrogen-bond acceptors (Lipinski definition) is 5. The fourth-order valence-corrected chi connectivity index (χ4v) is 4.19. The molecule has 1 aromatic carbocycles. The van der Waals surface area contributed by atoms with Crippen molar-refractivity contribution in [2.45, 2.75) is 37.1 Å². The highest BCUT2D eigenvalue weighted by molar-refractivity contribution is 5.93. The molecule has 1 spiro atoms. The smallest absolute Gasteiger partial charge is 0.319 e. The molecule has 7 heteroatoms. The van der Waals surface area contributed by atoms with Crippen molar-refractivity contribution < 1.29 is 4.79 Å². The molecule has 5 rings (SSSR count). The zero-order valence-corrected chi connectivity index (χ0v) is 14.9. The van der Waals surface area contributed by atoms with Crippen LogP contribution in [-0.2, 0) is 5.54 Å². The number of hydrogen-bond donors (Lipinski definition) is 2. The Morgan fingerprint density at radius 1 is 1.22 bits per heavy atom. The third kappa shape index (κ3) is 2.69. The molecule has 27 heavy (non-hydrogen) atoms. The highest BCUT2D eigenvalue weighted by atomic mass is 16.2. The molecule has 1 aliphatic carbocycles. The number of nitriles is 1. The Balaban J connectivity index is 1.44. The first-order chi connectivity index (χ1) is 13.2. The first-order valence-electron chi connectivity index (χ1n) is 9.39. The van der Waals surface area contributed by atoms with Crippen LogP contribution in [0.1, 0.15) is 48.6 Å². The molecular formula is C20H20N6O. The van der Waals surface area contributed by atoms with Gasteiger partial charge in [0.1, 0.15) is 23.3 Å². The maximum Gasteiger partial charge on any atom is 0.319 e. The maximum atomic E-state index is 12.2. The van der Waals surface area contributed by atoms with Gasteiger partial charge in [-0.25, -0.2) is 14.8 Å². The van der Waals surface area contributed by atoms with Crippen LogP contribution in [0.5, 0.6) is 0 Å². The van der Waals surface area contributed by atoms with E-state index in [0.29, 0.717) is 11.5 Å². The number of benzene rings is 1. The van der Waals surface area contributed by atoms with Crippen LogP contribution in [0.3, 0.4) is 0 Å². The Bertz CT molecular complexity index is 953. The van der Waals surface area contributed by atoms with Crippen molar-refractivity contribution in [3.05, 3.63) is 47.4 Å². The Morgan fingerprint density at radius 2 is 2.00 bits per heavy atom. The van der Waals surface area contributed by atoms with Gasteiger partial charge in [-0.15, -0.1) is 0 Å². The van der Waals surface area contributed by atoms with Gasteiger partial charge in [0.2, 0.25) is 0 Å². The van der Waals surface area contributed by atoms with E-state index in [-0.39, 0.29) is 11.6 Å². The van der Waals surface area contributed by atoms with Crippen LogP contribution < -0.4 is 15.5 Å². The second-order valence-electron chi connectivity index (χ2n) is 7.55. The Kier molecular flexibility index (Phi) is 3.54. The molecule has 1 saturated carbocycles. The summed E-state index contributed by atoms with van der Waals surface area (Å²) in [5.41, 5.74) is 2.16. The number of amides is 2. The Morgan fingerprint density at radius 3 is 2.74 bits per heavy atom. The van der Waals surface area contributed by atoms with Crippen molar-refractivity contribution in [3.8, 4) is 6.07 Å². The third-order valence-electron chi connectivity index (χ3n) is 5.81. The first-order valence-corrected chi connectivity index (χ1v) is 9.39. The summed E-state index contributed by atoms with van der Waals surface area (Å²) in [5.74, 6) is 2.03. The van der Waals surface area contributed by atoms with Crippen molar-refractivity contribution in [1.82, 2.24) is 15.3 Å². The van der Waals surface area contributed by atoms with E-state index < -0.39 is 0 Å². The number of piperidine rings is 1. The van der Waals surface area contributed by atoms with Gasteiger partial charge < -0.3 is 15.5 Å². The van der Waals surface area contributed by atoms with E-state index in [4.69, 9.17) is 4.98 Å². The first kappa shape index (κ1) is 16.1. The molecule has 0 atom stereocenters. The highest BCUT2D eigenvalue weighted by Gasteiger charge is 2.42. The number of carbonyl (C=O) groups is 1. The monoisotopic (exact) mass is 360 g/mol. The van der Waals surface area contributed by atoms with Crippen LogP contribution >= 0.6 is 0 Å². The van der Waals surface area contributed by atoms with Gasteiger partial charge in [-0.1, -0.05) is 18.2 Å². The predicted octanol–water partition coefficient (Wildman–Crippen LogP) is 2.86. The van der Waals surface area contributed by atoms with E-state index in [9.17, 15) is 10.1 Å². The van der Waals surface area contributed by atoms with Crippen molar-refractivity contribution in [2.75, 3.05) is 23.3 Å². The quantitative estimate of drug-likeness (QED) is 0.859. The number of fused-ring (bicyclic) bond motifs is 2. The van der Waals surface area contributed by atoms with Gasteiger partial charge >= 0.3 is 6.03 Å². The van der Waals surface area contributed by atoms with E-state index in [1.807, 2.05) is 18.2 Å². The molecule has 2 amide bonds. The predicted molar refractivity (Wildman–Crippen MR) is 100 cm³/mol. The second-order valence-corrected chi connectivity index (χ2v) is 7.55. The molecule has 7 nitrogen and oxygen atoms in total. The molecule has 136 valence electrons. The highest BCUT2D eigenvalue weighted by Crippen LogP contribution is 2.42. The minimum atomic E-state index is -0.366. The standard InChI is InChI=1S/C20H20N6O/c21-11-14-12-22-17(13-5-6-13)24-18(14)26-9-7-20(8-10-26)15-3-1-2-4-16(15)23-19(27)25-20/h1-4,12-13H,5-10H2,(H2,23,25,27). The molecular weight excluding hydrogens is 340 g/mol. The summed E-state index contributed by atoms with van der Waals surface area (Å²) in [7, 11) is 0. The normalized spacial score (nSPS) is 20.4. The summed E-state index contributed by atoms with van der Waals surface area (Å²) >= 11 is 0. The van der Waals surface area contributed by atoms with Crippen LogP contribution in [0.25, 0.3) is 0 Å².